The fourth-order valence-corrected chi connectivity index (χ4v) is 2.03. The molecule has 1 aromatic rings. The van der Waals surface area contributed by atoms with Gasteiger partial charge in [-0.25, -0.2) is 0 Å². The number of aromatic nitrogens is 3. The summed E-state index contributed by atoms with van der Waals surface area (Å²) in [6.45, 7) is 2.61. The van der Waals surface area contributed by atoms with Gasteiger partial charge in [-0.2, -0.15) is 0 Å². The molecule has 0 amide bonds. The number of rotatable bonds is 9. The second-order valence-corrected chi connectivity index (χ2v) is 4.53. The third-order valence-corrected chi connectivity index (χ3v) is 3.19. The predicted octanol–water partition coefficient (Wildman–Crippen LogP) is 0.419. The van der Waals surface area contributed by atoms with Gasteiger partial charge < -0.3 is 19.8 Å². The Kier molecular flexibility index (Phi) is 7.18. The first-order valence-electron chi connectivity index (χ1n) is 5.57. The molecule has 0 fully saturated rings. The van der Waals surface area contributed by atoms with E-state index in [-0.39, 0.29) is 0 Å². The van der Waals surface area contributed by atoms with Crippen LogP contribution < -0.4 is 5.73 Å². The van der Waals surface area contributed by atoms with Crippen molar-refractivity contribution in [2.75, 3.05) is 32.7 Å². The molecule has 1 aromatic heterocycles. The largest absolute Gasteiger partial charge is 0.385 e. The highest BCUT2D eigenvalue weighted by Gasteiger charge is 2.06. The van der Waals surface area contributed by atoms with Crippen molar-refractivity contribution in [2.45, 2.75) is 18.1 Å². The number of nitrogens with zero attached hydrogens (tertiary/aromatic N) is 3. The van der Waals surface area contributed by atoms with E-state index >= 15 is 0 Å². The minimum absolute atomic E-state index is 0.414. The van der Waals surface area contributed by atoms with E-state index < -0.39 is 0 Å². The van der Waals surface area contributed by atoms with Crippen molar-refractivity contribution in [3.63, 3.8) is 0 Å². The number of hydrogen-bond acceptors (Lipinski definition) is 6. The summed E-state index contributed by atoms with van der Waals surface area (Å²) in [7, 11) is 3.61. The molecule has 0 spiro atoms. The first-order valence-corrected chi connectivity index (χ1v) is 6.56. The third-order valence-electron chi connectivity index (χ3n) is 2.20. The Morgan fingerprint density at radius 1 is 1.29 bits per heavy atom. The van der Waals surface area contributed by atoms with Crippen LogP contribution in [0.3, 0.4) is 0 Å². The highest BCUT2D eigenvalue weighted by molar-refractivity contribution is 7.99. The molecule has 1 heterocycles. The van der Waals surface area contributed by atoms with Crippen LogP contribution in [-0.4, -0.2) is 47.4 Å². The molecule has 0 saturated carbocycles. The van der Waals surface area contributed by atoms with Gasteiger partial charge in [0.25, 0.3) is 0 Å². The molecular formula is C10H20N4O2S. The fraction of sp³-hybridized carbons (Fsp3) is 0.800. The molecule has 0 aliphatic heterocycles. The second kappa shape index (κ2) is 8.46. The molecule has 0 aliphatic carbocycles. The van der Waals surface area contributed by atoms with Gasteiger partial charge in [-0.05, 0) is 6.42 Å². The van der Waals surface area contributed by atoms with E-state index in [1.54, 1.807) is 18.9 Å². The topological polar surface area (TPSA) is 75.2 Å². The van der Waals surface area contributed by atoms with Crippen LogP contribution in [0.25, 0.3) is 0 Å². The lowest BCUT2D eigenvalue weighted by molar-refractivity contribution is 0.113. The molecule has 0 aromatic carbocycles. The first kappa shape index (κ1) is 14.4. The van der Waals surface area contributed by atoms with Gasteiger partial charge >= 0.3 is 0 Å². The highest BCUT2D eigenvalue weighted by atomic mass is 32.2. The normalized spacial score (nSPS) is 11.0. The molecule has 0 bridgehead atoms. The van der Waals surface area contributed by atoms with Gasteiger partial charge in [0.15, 0.2) is 5.16 Å². The summed E-state index contributed by atoms with van der Waals surface area (Å²) >= 11 is 1.62. The van der Waals surface area contributed by atoms with Gasteiger partial charge in [-0.1, -0.05) is 11.8 Å². The Morgan fingerprint density at radius 3 is 2.76 bits per heavy atom. The van der Waals surface area contributed by atoms with Crippen LogP contribution in [-0.2, 0) is 23.1 Å². The minimum Gasteiger partial charge on any atom is -0.385 e. The molecule has 6 nitrogen and oxygen atoms in total. The zero-order valence-corrected chi connectivity index (χ0v) is 11.2. The van der Waals surface area contributed by atoms with Crippen molar-refractivity contribution in [3.8, 4) is 0 Å². The Bertz CT molecular complexity index is 319. The lowest BCUT2D eigenvalue weighted by Crippen LogP contribution is -2.06. The van der Waals surface area contributed by atoms with Crippen molar-refractivity contribution in [1.82, 2.24) is 14.8 Å². The number of methoxy groups -OCH3 is 1. The van der Waals surface area contributed by atoms with Crippen molar-refractivity contribution in [2.24, 2.45) is 12.8 Å². The van der Waals surface area contributed by atoms with Gasteiger partial charge in [0.1, 0.15) is 5.82 Å². The van der Waals surface area contributed by atoms with Crippen molar-refractivity contribution in [1.29, 1.82) is 0 Å². The second-order valence-electron chi connectivity index (χ2n) is 3.47. The summed E-state index contributed by atoms with van der Waals surface area (Å²) in [4.78, 5) is 0. The molecule has 1 rings (SSSR count). The van der Waals surface area contributed by atoms with Crippen LogP contribution in [0, 0.1) is 0 Å². The van der Waals surface area contributed by atoms with Crippen LogP contribution in [0.5, 0.6) is 0 Å². The Hall–Kier alpha value is -0.630. The maximum atomic E-state index is 5.52. The summed E-state index contributed by atoms with van der Waals surface area (Å²) in [5, 5.41) is 8.92. The quantitative estimate of drug-likeness (QED) is 0.512. The number of hydrogen-bond donors (Lipinski definition) is 1. The predicted molar refractivity (Wildman–Crippen MR) is 66.9 cm³/mol. The number of thioether (sulfide) groups is 1. The lowest BCUT2D eigenvalue weighted by atomic mass is 10.5. The van der Waals surface area contributed by atoms with Crippen molar-refractivity contribution in [3.05, 3.63) is 5.82 Å². The van der Waals surface area contributed by atoms with E-state index in [0.717, 1.165) is 36.4 Å². The summed E-state index contributed by atoms with van der Waals surface area (Å²) in [6.07, 6.45) is 0.933. The van der Waals surface area contributed by atoms with Crippen LogP contribution >= 0.6 is 11.8 Å². The van der Waals surface area contributed by atoms with E-state index in [0.29, 0.717) is 13.2 Å². The van der Waals surface area contributed by atoms with Gasteiger partial charge in [0.2, 0.25) is 0 Å². The van der Waals surface area contributed by atoms with Crippen molar-refractivity contribution >= 4 is 11.8 Å². The molecule has 7 heteroatoms. The molecule has 98 valence electrons. The van der Waals surface area contributed by atoms with E-state index in [4.69, 9.17) is 15.2 Å². The minimum atomic E-state index is 0.414. The molecule has 0 radical (unpaired) electrons. The Balaban J connectivity index is 2.11. The van der Waals surface area contributed by atoms with E-state index in [1.165, 1.54) is 0 Å². The zero-order chi connectivity index (χ0) is 12.5. The number of ether oxygens (including phenoxy) is 2. The Labute approximate surface area is 106 Å². The molecule has 0 saturated heterocycles. The van der Waals surface area contributed by atoms with Crippen LogP contribution in [0.2, 0.25) is 0 Å². The Morgan fingerprint density at radius 2 is 2.12 bits per heavy atom. The molecule has 0 aliphatic rings. The smallest absolute Gasteiger partial charge is 0.191 e. The molecular weight excluding hydrogens is 240 g/mol. The van der Waals surface area contributed by atoms with E-state index in [9.17, 15) is 0 Å². The van der Waals surface area contributed by atoms with Crippen LogP contribution in [0.1, 0.15) is 12.2 Å². The summed E-state index contributed by atoms with van der Waals surface area (Å²) in [6, 6.07) is 0. The van der Waals surface area contributed by atoms with E-state index in [1.807, 2.05) is 11.6 Å². The van der Waals surface area contributed by atoms with Crippen LogP contribution in [0.4, 0.5) is 0 Å². The van der Waals surface area contributed by atoms with Gasteiger partial charge in [-0.3, -0.25) is 0 Å². The summed E-state index contributed by atoms with van der Waals surface area (Å²) in [5.41, 5.74) is 5.52. The van der Waals surface area contributed by atoms with Gasteiger partial charge in [0.05, 0.1) is 13.2 Å². The third kappa shape index (κ3) is 5.03. The van der Waals surface area contributed by atoms with Gasteiger partial charge in [0, 0.05) is 33.1 Å². The molecule has 17 heavy (non-hydrogen) atoms. The van der Waals surface area contributed by atoms with Crippen molar-refractivity contribution < 1.29 is 9.47 Å². The highest BCUT2D eigenvalue weighted by Crippen LogP contribution is 2.14. The van der Waals surface area contributed by atoms with Crippen LogP contribution in [0.15, 0.2) is 5.16 Å². The van der Waals surface area contributed by atoms with Gasteiger partial charge in [-0.15, -0.1) is 10.2 Å². The SMILES string of the molecule is COCCCOCCSc1nnc(CN)n1C. The molecule has 0 unspecified atom stereocenters. The molecule has 2 N–H and O–H groups in total. The first-order chi connectivity index (χ1) is 8.29. The lowest BCUT2D eigenvalue weighted by Gasteiger charge is -2.04. The monoisotopic (exact) mass is 260 g/mol. The zero-order valence-electron chi connectivity index (χ0n) is 10.4. The molecule has 0 atom stereocenters. The summed E-state index contributed by atoms with van der Waals surface area (Å²) < 4.78 is 12.3. The summed E-state index contributed by atoms with van der Waals surface area (Å²) in [5.74, 6) is 1.66. The number of nitrogens with two attached hydrogens (primary N) is 1. The standard InChI is InChI=1S/C10H20N4O2S/c1-14-9(8-11)12-13-10(14)17-7-6-16-5-3-4-15-2/h3-8,11H2,1-2H3. The fourth-order valence-electron chi connectivity index (χ4n) is 1.25. The van der Waals surface area contributed by atoms with E-state index in [2.05, 4.69) is 10.2 Å². The average molecular weight is 260 g/mol. The average Bonchev–Trinajstić information content (AvgIpc) is 2.69. The maximum Gasteiger partial charge on any atom is 0.191 e. The maximum absolute atomic E-state index is 5.52.